The Morgan fingerprint density at radius 3 is 2.77 bits per heavy atom. The van der Waals surface area contributed by atoms with E-state index in [0.29, 0.717) is 0 Å². The van der Waals surface area contributed by atoms with Crippen molar-refractivity contribution in [3.05, 3.63) is 0 Å². The normalized spacial score (nSPS) is 18.5. The maximum Gasteiger partial charge on any atom is 0.229 e. The molecular weight excluding hydrogens is 186 g/mol. The highest BCUT2D eigenvalue weighted by Gasteiger charge is 2.13. The van der Waals surface area contributed by atoms with Crippen molar-refractivity contribution >= 4 is 18.5 Å². The first-order chi connectivity index (χ1) is 6.33. The highest BCUT2D eigenvalue weighted by atomic mass is 32.1. The summed E-state index contributed by atoms with van der Waals surface area (Å²) >= 11 is 3.88. The molecule has 3 nitrogen and oxygen atoms in total. The summed E-state index contributed by atoms with van der Waals surface area (Å²) in [6.45, 7) is 2.54. The predicted molar refractivity (Wildman–Crippen MR) is 55.0 cm³/mol. The van der Waals surface area contributed by atoms with Gasteiger partial charge in [0.05, 0.1) is 5.75 Å². The second-order valence-electron chi connectivity index (χ2n) is 3.35. The van der Waals surface area contributed by atoms with Crippen LogP contribution in [0.15, 0.2) is 0 Å². The van der Waals surface area contributed by atoms with Crippen LogP contribution in [0.3, 0.4) is 0 Å². The van der Waals surface area contributed by atoms with E-state index in [4.69, 9.17) is 4.74 Å². The molecule has 0 aromatic heterocycles. The Bertz CT molecular complexity index is 158. The van der Waals surface area contributed by atoms with Crippen molar-refractivity contribution in [3.8, 4) is 0 Å². The topological polar surface area (TPSA) is 38.3 Å². The summed E-state index contributed by atoms with van der Waals surface area (Å²) < 4.78 is 5.25. The SMILES string of the molecule is O=C(CS)NCCC1CCOCC1. The lowest BCUT2D eigenvalue weighted by Crippen LogP contribution is -2.28. The van der Waals surface area contributed by atoms with Gasteiger partial charge >= 0.3 is 0 Å². The summed E-state index contributed by atoms with van der Waals surface area (Å²) in [6, 6.07) is 0. The Morgan fingerprint density at radius 1 is 1.46 bits per heavy atom. The molecule has 1 N–H and O–H groups in total. The van der Waals surface area contributed by atoms with E-state index in [-0.39, 0.29) is 11.7 Å². The lowest BCUT2D eigenvalue weighted by atomic mass is 9.97. The van der Waals surface area contributed by atoms with Crippen LogP contribution in [0, 0.1) is 5.92 Å². The van der Waals surface area contributed by atoms with Crippen LogP contribution in [0.5, 0.6) is 0 Å². The summed E-state index contributed by atoms with van der Waals surface area (Å²) in [6.07, 6.45) is 3.34. The zero-order valence-electron chi connectivity index (χ0n) is 7.79. The fraction of sp³-hybridized carbons (Fsp3) is 0.889. The number of hydrogen-bond acceptors (Lipinski definition) is 3. The Labute approximate surface area is 84.6 Å². The van der Waals surface area contributed by atoms with Crippen LogP contribution >= 0.6 is 12.6 Å². The summed E-state index contributed by atoms with van der Waals surface area (Å²) in [5.41, 5.74) is 0. The van der Waals surface area contributed by atoms with Gasteiger partial charge in [-0.15, -0.1) is 0 Å². The van der Waals surface area contributed by atoms with E-state index in [1.807, 2.05) is 0 Å². The van der Waals surface area contributed by atoms with Crippen molar-refractivity contribution in [1.82, 2.24) is 5.32 Å². The third kappa shape index (κ3) is 4.52. The number of carbonyl (C=O) groups excluding carboxylic acids is 1. The van der Waals surface area contributed by atoms with Gasteiger partial charge < -0.3 is 10.1 Å². The second kappa shape index (κ2) is 6.27. The molecule has 0 spiro atoms. The van der Waals surface area contributed by atoms with Crippen LogP contribution in [0.4, 0.5) is 0 Å². The van der Waals surface area contributed by atoms with E-state index in [9.17, 15) is 4.79 Å². The molecule has 13 heavy (non-hydrogen) atoms. The number of nitrogens with one attached hydrogen (secondary N) is 1. The number of carbonyl (C=O) groups is 1. The number of rotatable bonds is 4. The van der Waals surface area contributed by atoms with Crippen molar-refractivity contribution in [2.45, 2.75) is 19.3 Å². The first kappa shape index (κ1) is 10.9. The molecule has 0 bridgehead atoms. The molecule has 4 heteroatoms. The molecule has 0 radical (unpaired) electrons. The van der Waals surface area contributed by atoms with Crippen LogP contribution in [-0.4, -0.2) is 31.4 Å². The van der Waals surface area contributed by atoms with Crippen molar-refractivity contribution < 1.29 is 9.53 Å². The molecule has 0 atom stereocenters. The van der Waals surface area contributed by atoms with Gasteiger partial charge in [-0.3, -0.25) is 4.79 Å². The molecule has 76 valence electrons. The molecular formula is C9H17NO2S. The molecule has 0 aliphatic carbocycles. The third-order valence-corrected chi connectivity index (χ3v) is 2.65. The lowest BCUT2D eigenvalue weighted by Gasteiger charge is -2.21. The van der Waals surface area contributed by atoms with Crippen molar-refractivity contribution in [1.29, 1.82) is 0 Å². The minimum atomic E-state index is 0.0235. The minimum absolute atomic E-state index is 0.0235. The Hall–Kier alpha value is -0.220. The minimum Gasteiger partial charge on any atom is -0.381 e. The van der Waals surface area contributed by atoms with Crippen molar-refractivity contribution in [2.75, 3.05) is 25.5 Å². The lowest BCUT2D eigenvalue weighted by molar-refractivity contribution is -0.118. The Kier molecular flexibility index (Phi) is 5.23. The van der Waals surface area contributed by atoms with Crippen LogP contribution in [0.1, 0.15) is 19.3 Å². The maximum absolute atomic E-state index is 10.8. The van der Waals surface area contributed by atoms with Crippen molar-refractivity contribution in [2.24, 2.45) is 5.92 Å². The largest absolute Gasteiger partial charge is 0.381 e. The van der Waals surface area contributed by atoms with Gasteiger partial charge in [0.1, 0.15) is 0 Å². The molecule has 1 saturated heterocycles. The smallest absolute Gasteiger partial charge is 0.229 e. The third-order valence-electron chi connectivity index (χ3n) is 2.36. The molecule has 1 aliphatic rings. The predicted octanol–water partition coefficient (Wildman–Crippen LogP) is 0.849. The van der Waals surface area contributed by atoms with Crippen LogP contribution in [0.2, 0.25) is 0 Å². The highest BCUT2D eigenvalue weighted by Crippen LogP contribution is 2.17. The highest BCUT2D eigenvalue weighted by molar-refractivity contribution is 7.81. The Balaban J connectivity index is 2.01. The molecule has 1 fully saturated rings. The summed E-state index contributed by atoms with van der Waals surface area (Å²) in [5, 5.41) is 2.82. The van der Waals surface area contributed by atoms with Gasteiger partial charge in [0.2, 0.25) is 5.91 Å². The Morgan fingerprint density at radius 2 is 2.15 bits per heavy atom. The van der Waals surface area contributed by atoms with Gasteiger partial charge in [-0.1, -0.05) is 0 Å². The fourth-order valence-electron chi connectivity index (χ4n) is 1.51. The average molecular weight is 203 g/mol. The van der Waals surface area contributed by atoms with Crippen molar-refractivity contribution in [3.63, 3.8) is 0 Å². The van der Waals surface area contributed by atoms with Gasteiger partial charge in [-0.05, 0) is 25.2 Å². The first-order valence-electron chi connectivity index (χ1n) is 4.78. The molecule has 0 aromatic rings. The molecule has 1 rings (SSSR count). The van der Waals surface area contributed by atoms with Gasteiger partial charge in [0, 0.05) is 19.8 Å². The van der Waals surface area contributed by atoms with Gasteiger partial charge in [0.15, 0.2) is 0 Å². The number of ether oxygens (including phenoxy) is 1. The fourth-order valence-corrected chi connectivity index (χ4v) is 1.62. The van der Waals surface area contributed by atoms with Gasteiger partial charge in [-0.2, -0.15) is 12.6 Å². The quantitative estimate of drug-likeness (QED) is 0.665. The molecule has 1 heterocycles. The molecule has 0 aromatic carbocycles. The molecule has 1 aliphatic heterocycles. The van der Waals surface area contributed by atoms with Gasteiger partial charge in [-0.25, -0.2) is 0 Å². The summed E-state index contributed by atoms with van der Waals surface area (Å²) in [7, 11) is 0. The number of thiol groups is 1. The van der Waals surface area contributed by atoms with E-state index < -0.39 is 0 Å². The van der Waals surface area contributed by atoms with Gasteiger partial charge in [0.25, 0.3) is 0 Å². The van der Waals surface area contributed by atoms with E-state index in [1.54, 1.807) is 0 Å². The van der Waals surface area contributed by atoms with E-state index in [0.717, 1.165) is 44.9 Å². The molecule has 0 unspecified atom stereocenters. The monoisotopic (exact) mass is 203 g/mol. The standard InChI is InChI=1S/C9H17NO2S/c11-9(7-13)10-4-1-8-2-5-12-6-3-8/h8,13H,1-7H2,(H,10,11). The van der Waals surface area contributed by atoms with Crippen LogP contribution in [-0.2, 0) is 9.53 Å². The summed E-state index contributed by atoms with van der Waals surface area (Å²) in [4.78, 5) is 10.8. The van der Waals surface area contributed by atoms with E-state index in [2.05, 4.69) is 17.9 Å². The maximum atomic E-state index is 10.8. The number of amides is 1. The molecule has 1 amide bonds. The average Bonchev–Trinajstić information content (AvgIpc) is 2.19. The zero-order chi connectivity index (χ0) is 9.52. The van der Waals surface area contributed by atoms with E-state index in [1.165, 1.54) is 0 Å². The number of hydrogen-bond donors (Lipinski definition) is 2. The van der Waals surface area contributed by atoms with Crippen LogP contribution in [0.25, 0.3) is 0 Å². The van der Waals surface area contributed by atoms with E-state index >= 15 is 0 Å². The van der Waals surface area contributed by atoms with Crippen LogP contribution < -0.4 is 5.32 Å². The zero-order valence-corrected chi connectivity index (χ0v) is 8.69. The molecule has 0 saturated carbocycles. The first-order valence-corrected chi connectivity index (χ1v) is 5.41. The summed E-state index contributed by atoms with van der Waals surface area (Å²) in [5.74, 6) is 1.04. The second-order valence-corrected chi connectivity index (χ2v) is 3.67.